The van der Waals surface area contributed by atoms with Gasteiger partial charge in [0.2, 0.25) is 0 Å². The van der Waals surface area contributed by atoms with Gasteiger partial charge in [0.05, 0.1) is 0 Å². The van der Waals surface area contributed by atoms with Crippen LogP contribution < -0.4 is 10.2 Å². The lowest BCUT2D eigenvalue weighted by Crippen LogP contribution is -2.30. The maximum absolute atomic E-state index is 6.16. The fourth-order valence-corrected chi connectivity index (χ4v) is 2.77. The van der Waals surface area contributed by atoms with Gasteiger partial charge in [0.1, 0.15) is 0 Å². The van der Waals surface area contributed by atoms with Crippen LogP contribution in [-0.4, -0.2) is 20.1 Å². The molecule has 0 spiro atoms. The van der Waals surface area contributed by atoms with Crippen molar-refractivity contribution in [3.8, 4) is 0 Å². The molecule has 3 heteroatoms. The highest BCUT2D eigenvalue weighted by atomic mass is 35.5. The van der Waals surface area contributed by atoms with Crippen LogP contribution in [0, 0.1) is 5.92 Å². The highest BCUT2D eigenvalue weighted by Gasteiger charge is 2.20. The zero-order valence-electron chi connectivity index (χ0n) is 12.1. The molecule has 19 heavy (non-hydrogen) atoms. The van der Waals surface area contributed by atoms with Gasteiger partial charge in [-0.2, -0.15) is 0 Å². The van der Waals surface area contributed by atoms with Crippen molar-refractivity contribution in [1.82, 2.24) is 5.32 Å². The van der Waals surface area contributed by atoms with Crippen molar-refractivity contribution in [3.63, 3.8) is 0 Å². The standard InChI is InChI=1S/C16H25ClN2/c1-3-9-18-11-14-7-8-15(17)10-16(14)19(2)12-13-5-4-6-13/h7-8,10,13,18H,3-6,9,11-12H2,1-2H3. The SMILES string of the molecule is CCCNCc1ccc(Cl)cc1N(C)CC1CCC1. The van der Waals surface area contributed by atoms with E-state index in [9.17, 15) is 0 Å². The lowest BCUT2D eigenvalue weighted by Gasteiger charge is -2.32. The minimum Gasteiger partial charge on any atom is -0.374 e. The molecule has 0 aliphatic heterocycles. The van der Waals surface area contributed by atoms with E-state index in [0.29, 0.717) is 0 Å². The topological polar surface area (TPSA) is 15.3 Å². The fraction of sp³-hybridized carbons (Fsp3) is 0.625. The molecule has 0 heterocycles. The highest BCUT2D eigenvalue weighted by Crippen LogP contribution is 2.30. The molecule has 0 saturated heterocycles. The molecule has 0 radical (unpaired) electrons. The van der Waals surface area contributed by atoms with Gasteiger partial charge in [-0.05, 0) is 49.4 Å². The molecule has 1 fully saturated rings. The molecule has 0 unspecified atom stereocenters. The van der Waals surface area contributed by atoms with Crippen LogP contribution in [0.1, 0.15) is 38.2 Å². The van der Waals surface area contributed by atoms with E-state index >= 15 is 0 Å². The van der Waals surface area contributed by atoms with E-state index in [0.717, 1.165) is 30.6 Å². The molecule has 1 aliphatic rings. The molecule has 2 nitrogen and oxygen atoms in total. The van der Waals surface area contributed by atoms with E-state index in [1.807, 2.05) is 6.07 Å². The predicted octanol–water partition coefficient (Wildman–Crippen LogP) is 4.08. The molecule has 1 N–H and O–H groups in total. The molecule has 0 bridgehead atoms. The second kappa shape index (κ2) is 7.16. The summed E-state index contributed by atoms with van der Waals surface area (Å²) in [6.07, 6.45) is 5.34. The van der Waals surface area contributed by atoms with E-state index < -0.39 is 0 Å². The molecule has 2 rings (SSSR count). The lowest BCUT2D eigenvalue weighted by atomic mass is 9.85. The minimum absolute atomic E-state index is 0.828. The number of anilines is 1. The smallest absolute Gasteiger partial charge is 0.0426 e. The molecule has 0 amide bonds. The third-order valence-electron chi connectivity index (χ3n) is 3.96. The first-order chi connectivity index (χ1) is 9.20. The molecule has 0 aromatic heterocycles. The Bertz CT molecular complexity index is 402. The Morgan fingerprint density at radius 3 is 2.79 bits per heavy atom. The third-order valence-corrected chi connectivity index (χ3v) is 4.19. The van der Waals surface area contributed by atoms with Crippen molar-refractivity contribution >= 4 is 17.3 Å². The Balaban J connectivity index is 2.04. The van der Waals surface area contributed by atoms with Crippen LogP contribution in [0.5, 0.6) is 0 Å². The Kier molecular flexibility index (Phi) is 5.53. The maximum atomic E-state index is 6.16. The zero-order chi connectivity index (χ0) is 13.7. The van der Waals surface area contributed by atoms with Crippen molar-refractivity contribution in [1.29, 1.82) is 0 Å². The quantitative estimate of drug-likeness (QED) is 0.757. The van der Waals surface area contributed by atoms with Crippen molar-refractivity contribution in [2.75, 3.05) is 25.0 Å². The summed E-state index contributed by atoms with van der Waals surface area (Å²) in [5, 5.41) is 4.31. The monoisotopic (exact) mass is 280 g/mol. The van der Waals surface area contributed by atoms with Gasteiger partial charge in [-0.1, -0.05) is 31.0 Å². The second-order valence-electron chi connectivity index (χ2n) is 5.63. The summed E-state index contributed by atoms with van der Waals surface area (Å²) in [7, 11) is 2.19. The van der Waals surface area contributed by atoms with Gasteiger partial charge in [0.25, 0.3) is 0 Å². The van der Waals surface area contributed by atoms with Gasteiger partial charge in [-0.25, -0.2) is 0 Å². The number of nitrogens with zero attached hydrogens (tertiary/aromatic N) is 1. The molecule has 1 aromatic rings. The third kappa shape index (κ3) is 4.12. The zero-order valence-corrected chi connectivity index (χ0v) is 12.8. The minimum atomic E-state index is 0.828. The van der Waals surface area contributed by atoms with E-state index in [1.54, 1.807) is 0 Å². The molecular formula is C16H25ClN2. The summed E-state index contributed by atoms with van der Waals surface area (Å²) >= 11 is 6.16. The first kappa shape index (κ1) is 14.7. The number of hydrogen-bond donors (Lipinski definition) is 1. The van der Waals surface area contributed by atoms with E-state index in [2.05, 4.69) is 36.3 Å². The Labute approximate surface area is 122 Å². The van der Waals surface area contributed by atoms with Gasteiger partial charge in [-0.15, -0.1) is 0 Å². The number of halogens is 1. The summed E-state index contributed by atoms with van der Waals surface area (Å²) in [6, 6.07) is 6.24. The Hall–Kier alpha value is -0.730. The van der Waals surface area contributed by atoms with Crippen molar-refractivity contribution in [3.05, 3.63) is 28.8 Å². The molecule has 106 valence electrons. The Morgan fingerprint density at radius 1 is 1.37 bits per heavy atom. The van der Waals surface area contributed by atoms with Crippen LogP contribution in [-0.2, 0) is 6.54 Å². The van der Waals surface area contributed by atoms with Crippen LogP contribution in [0.4, 0.5) is 5.69 Å². The van der Waals surface area contributed by atoms with Gasteiger partial charge in [-0.3, -0.25) is 0 Å². The molecule has 1 aliphatic carbocycles. The average Bonchev–Trinajstić information content (AvgIpc) is 2.35. The van der Waals surface area contributed by atoms with Gasteiger partial charge >= 0.3 is 0 Å². The average molecular weight is 281 g/mol. The number of benzene rings is 1. The normalized spacial score (nSPS) is 15.3. The summed E-state index contributed by atoms with van der Waals surface area (Å²) in [6.45, 7) is 5.34. The first-order valence-electron chi connectivity index (χ1n) is 7.41. The van der Waals surface area contributed by atoms with Crippen LogP contribution >= 0.6 is 11.6 Å². The predicted molar refractivity (Wildman–Crippen MR) is 84.1 cm³/mol. The highest BCUT2D eigenvalue weighted by molar-refractivity contribution is 6.30. The number of hydrogen-bond acceptors (Lipinski definition) is 2. The molecule has 0 atom stereocenters. The van der Waals surface area contributed by atoms with Gasteiger partial charge in [0.15, 0.2) is 0 Å². The first-order valence-corrected chi connectivity index (χ1v) is 7.78. The molecule has 1 aromatic carbocycles. The van der Waals surface area contributed by atoms with Crippen LogP contribution in [0.2, 0.25) is 5.02 Å². The van der Waals surface area contributed by atoms with Crippen LogP contribution in [0.15, 0.2) is 18.2 Å². The summed E-state index contributed by atoms with van der Waals surface area (Å²) in [5.74, 6) is 0.875. The van der Waals surface area contributed by atoms with E-state index in [-0.39, 0.29) is 0 Å². The lowest BCUT2D eigenvalue weighted by molar-refractivity contribution is 0.321. The van der Waals surface area contributed by atoms with Gasteiger partial charge in [0, 0.05) is 30.8 Å². The largest absolute Gasteiger partial charge is 0.374 e. The van der Waals surface area contributed by atoms with Crippen molar-refractivity contribution < 1.29 is 0 Å². The van der Waals surface area contributed by atoms with Crippen LogP contribution in [0.25, 0.3) is 0 Å². The van der Waals surface area contributed by atoms with E-state index in [1.165, 1.54) is 36.9 Å². The Morgan fingerprint density at radius 2 is 2.16 bits per heavy atom. The van der Waals surface area contributed by atoms with Crippen molar-refractivity contribution in [2.45, 2.75) is 39.2 Å². The summed E-state index contributed by atoms with van der Waals surface area (Å²) < 4.78 is 0. The number of nitrogens with one attached hydrogen (secondary N) is 1. The number of rotatable bonds is 7. The van der Waals surface area contributed by atoms with Crippen LogP contribution in [0.3, 0.4) is 0 Å². The fourth-order valence-electron chi connectivity index (χ4n) is 2.60. The maximum Gasteiger partial charge on any atom is 0.0426 e. The second-order valence-corrected chi connectivity index (χ2v) is 6.06. The summed E-state index contributed by atoms with van der Waals surface area (Å²) in [5.41, 5.74) is 2.63. The van der Waals surface area contributed by atoms with E-state index in [4.69, 9.17) is 11.6 Å². The molecular weight excluding hydrogens is 256 g/mol. The summed E-state index contributed by atoms with van der Waals surface area (Å²) in [4.78, 5) is 2.37. The van der Waals surface area contributed by atoms with Gasteiger partial charge < -0.3 is 10.2 Å². The molecule has 1 saturated carbocycles. The van der Waals surface area contributed by atoms with Crippen molar-refractivity contribution in [2.24, 2.45) is 5.92 Å².